The Morgan fingerprint density at radius 1 is 0.324 bits per heavy atom. The number of hydrogen-bond donors (Lipinski definition) is 0. The summed E-state index contributed by atoms with van der Waals surface area (Å²) in [7, 11) is 0. The first kappa shape index (κ1) is 34.4. The van der Waals surface area contributed by atoms with Gasteiger partial charge in [-0.1, -0.05) is 55.2 Å². The molecule has 0 bridgehead atoms. The maximum Gasteiger partial charge on any atom is 0.0701 e. The van der Waals surface area contributed by atoms with Crippen molar-refractivity contribution in [3.63, 3.8) is 0 Å². The molecule has 0 radical (unpaired) electrons. The molecule has 0 saturated carbocycles. The lowest BCUT2D eigenvalue weighted by molar-refractivity contribution is -0.0232. The molecule has 8 nitrogen and oxygen atoms in total. The van der Waals surface area contributed by atoms with E-state index in [4.69, 9.17) is 37.9 Å². The van der Waals surface area contributed by atoms with E-state index in [1.165, 1.54) is 36.5 Å². The number of alkyl halides is 1. The Morgan fingerprint density at radius 2 is 0.588 bits per heavy atom. The quantitative estimate of drug-likeness (QED) is 0.0658. The number of hydrogen-bond acceptors (Lipinski definition) is 8. The molecule has 0 aliphatic heterocycles. The lowest BCUT2D eigenvalue weighted by Gasteiger charge is -2.08. The third kappa shape index (κ3) is 32.4. The van der Waals surface area contributed by atoms with Crippen molar-refractivity contribution in [2.45, 2.75) is 51.9 Å². The van der Waals surface area contributed by atoms with Crippen molar-refractivity contribution in [3.8, 4) is 0 Å². The molecule has 0 atom stereocenters. The largest absolute Gasteiger partial charge is 0.379 e. The molecule has 0 aliphatic carbocycles. The average molecular weight is 607 g/mol. The summed E-state index contributed by atoms with van der Waals surface area (Å²) in [5, 5.41) is 0. The molecule has 0 aromatic carbocycles. The van der Waals surface area contributed by atoms with Crippen LogP contribution in [0, 0.1) is 0 Å². The highest BCUT2D eigenvalue weighted by Gasteiger charge is 1.95. The van der Waals surface area contributed by atoms with Crippen molar-refractivity contribution in [2.75, 3.05) is 110 Å². The van der Waals surface area contributed by atoms with Gasteiger partial charge in [-0.15, -0.1) is 0 Å². The summed E-state index contributed by atoms with van der Waals surface area (Å²) in [6.07, 6.45) is 8.59. The molecule has 0 saturated heterocycles. The molecule has 0 aromatic heterocycles. The summed E-state index contributed by atoms with van der Waals surface area (Å²) in [6, 6.07) is 0. The number of ether oxygens (including phenoxy) is 8. The number of unbranched alkanes of at least 4 members (excludes halogenated alkanes) is 5. The summed E-state index contributed by atoms with van der Waals surface area (Å²) in [5.74, 6) is 0. The van der Waals surface area contributed by atoms with E-state index in [0.717, 1.165) is 26.1 Å². The molecule has 0 amide bonds. The lowest BCUT2D eigenvalue weighted by Crippen LogP contribution is -2.15. The van der Waals surface area contributed by atoms with Gasteiger partial charge in [-0.05, 0) is 23.7 Å². The summed E-state index contributed by atoms with van der Waals surface area (Å²) < 4.78 is 45.1. The van der Waals surface area contributed by atoms with Crippen molar-refractivity contribution >= 4 is 22.6 Å². The van der Waals surface area contributed by atoms with Crippen LogP contribution in [0.4, 0.5) is 0 Å². The van der Waals surface area contributed by atoms with Crippen molar-refractivity contribution in [1.29, 1.82) is 0 Å². The molecular weight excluding hydrogens is 555 g/mol. The molecule has 0 aliphatic rings. The van der Waals surface area contributed by atoms with Gasteiger partial charge in [0.1, 0.15) is 0 Å². The second kappa shape index (κ2) is 33.4. The summed E-state index contributed by atoms with van der Waals surface area (Å²) in [6.45, 7) is 12.0. The van der Waals surface area contributed by atoms with Crippen LogP contribution < -0.4 is 0 Å². The van der Waals surface area contributed by atoms with Gasteiger partial charge in [0.25, 0.3) is 0 Å². The van der Waals surface area contributed by atoms with Crippen LogP contribution in [0.2, 0.25) is 0 Å². The topological polar surface area (TPSA) is 73.8 Å². The first-order chi connectivity index (χ1) is 16.9. The van der Waals surface area contributed by atoms with E-state index in [2.05, 4.69) is 29.5 Å². The van der Waals surface area contributed by atoms with E-state index < -0.39 is 0 Å². The maximum absolute atomic E-state index is 5.55. The van der Waals surface area contributed by atoms with Gasteiger partial charge in [0.05, 0.1) is 92.5 Å². The molecule has 9 heteroatoms. The SMILES string of the molecule is CCCCCOCCOCCOCCOCCOCCOCCOCCOCCCCCCI. The Morgan fingerprint density at radius 3 is 0.882 bits per heavy atom. The predicted molar refractivity (Wildman–Crippen MR) is 143 cm³/mol. The van der Waals surface area contributed by atoms with Crippen LogP contribution in [0.25, 0.3) is 0 Å². The van der Waals surface area contributed by atoms with E-state index >= 15 is 0 Å². The third-order valence-electron chi connectivity index (χ3n) is 4.67. The van der Waals surface area contributed by atoms with Gasteiger partial charge < -0.3 is 37.9 Å². The predicted octanol–water partition coefficient (Wildman–Crippen LogP) is 4.30. The van der Waals surface area contributed by atoms with Crippen LogP contribution in [0.5, 0.6) is 0 Å². The Hall–Kier alpha value is 0.410. The maximum atomic E-state index is 5.55. The minimum Gasteiger partial charge on any atom is -0.379 e. The molecule has 0 aromatic rings. The van der Waals surface area contributed by atoms with Gasteiger partial charge in [0.15, 0.2) is 0 Å². The van der Waals surface area contributed by atoms with Gasteiger partial charge >= 0.3 is 0 Å². The van der Waals surface area contributed by atoms with Gasteiger partial charge in [-0.3, -0.25) is 0 Å². The Labute approximate surface area is 222 Å². The fraction of sp³-hybridized carbons (Fsp3) is 1.00. The first-order valence-corrected chi connectivity index (χ1v) is 14.6. The highest BCUT2D eigenvalue weighted by atomic mass is 127. The van der Waals surface area contributed by atoms with E-state index in [-0.39, 0.29) is 0 Å². The van der Waals surface area contributed by atoms with Crippen molar-refractivity contribution in [2.24, 2.45) is 0 Å². The molecule has 0 fully saturated rings. The second-order valence-corrected chi connectivity index (χ2v) is 8.79. The monoisotopic (exact) mass is 606 g/mol. The van der Waals surface area contributed by atoms with Crippen molar-refractivity contribution < 1.29 is 37.9 Å². The van der Waals surface area contributed by atoms with E-state index in [9.17, 15) is 0 Å². The zero-order chi connectivity index (χ0) is 24.6. The normalized spacial score (nSPS) is 11.5. The van der Waals surface area contributed by atoms with Crippen LogP contribution in [-0.2, 0) is 37.9 Å². The fourth-order valence-electron chi connectivity index (χ4n) is 2.75. The summed E-state index contributed by atoms with van der Waals surface area (Å²) in [4.78, 5) is 0. The first-order valence-electron chi connectivity index (χ1n) is 13.1. The average Bonchev–Trinajstić information content (AvgIpc) is 2.85. The van der Waals surface area contributed by atoms with Crippen LogP contribution in [0.3, 0.4) is 0 Å². The smallest absolute Gasteiger partial charge is 0.0701 e. The molecule has 0 spiro atoms. The zero-order valence-corrected chi connectivity index (χ0v) is 23.8. The van der Waals surface area contributed by atoms with Crippen LogP contribution >= 0.6 is 22.6 Å². The fourth-order valence-corrected chi connectivity index (χ4v) is 3.29. The summed E-state index contributed by atoms with van der Waals surface area (Å²) in [5.41, 5.74) is 0. The second-order valence-electron chi connectivity index (χ2n) is 7.71. The van der Waals surface area contributed by atoms with E-state index in [0.29, 0.717) is 92.5 Å². The molecular formula is C25H51IO8. The van der Waals surface area contributed by atoms with Gasteiger partial charge in [0.2, 0.25) is 0 Å². The molecule has 34 heavy (non-hydrogen) atoms. The number of halogens is 1. The van der Waals surface area contributed by atoms with E-state index in [1.807, 2.05) is 0 Å². The van der Waals surface area contributed by atoms with Crippen LogP contribution in [0.1, 0.15) is 51.9 Å². The highest BCUT2D eigenvalue weighted by molar-refractivity contribution is 14.1. The molecule has 0 unspecified atom stereocenters. The minimum atomic E-state index is 0.552. The highest BCUT2D eigenvalue weighted by Crippen LogP contribution is 2.02. The molecule has 0 rings (SSSR count). The van der Waals surface area contributed by atoms with Gasteiger partial charge in [-0.2, -0.15) is 0 Å². The standard InChI is InChI=1S/C25H51IO8/c1-2-3-7-10-27-12-14-29-16-18-31-20-22-33-24-25-34-23-21-32-19-17-30-15-13-28-11-8-5-4-6-9-26/h2-25H2,1H3. The van der Waals surface area contributed by atoms with E-state index in [1.54, 1.807) is 0 Å². The Bertz CT molecular complexity index is 321. The van der Waals surface area contributed by atoms with Crippen molar-refractivity contribution in [3.05, 3.63) is 0 Å². The Kier molecular flexibility index (Phi) is 33.8. The third-order valence-corrected chi connectivity index (χ3v) is 5.43. The van der Waals surface area contributed by atoms with Crippen LogP contribution in [-0.4, -0.2) is 110 Å². The lowest BCUT2D eigenvalue weighted by atomic mass is 10.2. The van der Waals surface area contributed by atoms with Crippen LogP contribution in [0.15, 0.2) is 0 Å². The molecule has 206 valence electrons. The van der Waals surface area contributed by atoms with Gasteiger partial charge in [0, 0.05) is 13.2 Å². The Balaban J connectivity index is 2.99. The molecule has 0 heterocycles. The minimum absolute atomic E-state index is 0.552. The van der Waals surface area contributed by atoms with Gasteiger partial charge in [-0.25, -0.2) is 0 Å². The number of rotatable bonds is 31. The van der Waals surface area contributed by atoms with Crippen molar-refractivity contribution in [1.82, 2.24) is 0 Å². The molecule has 0 N–H and O–H groups in total. The zero-order valence-electron chi connectivity index (χ0n) is 21.6. The summed E-state index contributed by atoms with van der Waals surface area (Å²) >= 11 is 2.42.